The van der Waals surface area contributed by atoms with Crippen LogP contribution in [0.2, 0.25) is 0 Å². The molecule has 1 aliphatic rings. The summed E-state index contributed by atoms with van der Waals surface area (Å²) in [5, 5.41) is 0. The number of aromatic nitrogens is 1. The van der Waals surface area contributed by atoms with Crippen molar-refractivity contribution in [3.63, 3.8) is 0 Å². The summed E-state index contributed by atoms with van der Waals surface area (Å²) < 4.78 is 44.4. The van der Waals surface area contributed by atoms with E-state index >= 15 is 0 Å². The maximum atomic E-state index is 12.7. The molecule has 2 rings (SSSR count). The number of carbonyl (C=O) groups excluding carboxylic acids is 1. The molecule has 1 atom stereocenters. The molecule has 1 amide bonds. The number of rotatable bonds is 7. The van der Waals surface area contributed by atoms with Gasteiger partial charge in [-0.1, -0.05) is 0 Å². The summed E-state index contributed by atoms with van der Waals surface area (Å²) in [6, 6.07) is 2.78. The topological polar surface area (TPSA) is 106 Å². The number of nitrogens with two attached hydrogens (primary N) is 1. The van der Waals surface area contributed by atoms with Crippen LogP contribution in [0.15, 0.2) is 35.1 Å². The lowest BCUT2D eigenvalue weighted by Crippen LogP contribution is -2.34. The Morgan fingerprint density at radius 3 is 2.77 bits per heavy atom. The number of amides is 1. The first-order valence-electron chi connectivity index (χ1n) is 8.08. The fourth-order valence-corrected chi connectivity index (χ4v) is 4.01. The Bertz CT molecular complexity index is 765. The Hall–Kier alpha value is -2.04. The van der Waals surface area contributed by atoms with E-state index in [0.717, 1.165) is 0 Å². The maximum absolute atomic E-state index is 12.7. The fraction of sp³-hybridized carbons (Fsp3) is 0.500. The van der Waals surface area contributed by atoms with Crippen LogP contribution in [0.1, 0.15) is 6.42 Å². The van der Waals surface area contributed by atoms with Crippen LogP contribution in [0, 0.1) is 5.92 Å². The number of carbonyl (C=O) groups is 1. The van der Waals surface area contributed by atoms with E-state index in [9.17, 15) is 17.6 Å². The molecule has 2 heterocycles. The lowest BCUT2D eigenvalue weighted by Gasteiger charge is -2.18. The summed E-state index contributed by atoms with van der Waals surface area (Å²) in [7, 11) is -0.437. The molecule has 0 aliphatic carbocycles. The molecule has 1 aliphatic heterocycles. The minimum atomic E-state index is -3.74. The second kappa shape index (κ2) is 8.56. The molecule has 0 radical (unpaired) electrons. The van der Waals surface area contributed by atoms with Crippen LogP contribution in [0.3, 0.4) is 0 Å². The monoisotopic (exact) mass is 386 g/mol. The Morgan fingerprint density at radius 1 is 1.50 bits per heavy atom. The second-order valence-corrected chi connectivity index (χ2v) is 8.11. The molecule has 0 bridgehead atoms. The van der Waals surface area contributed by atoms with E-state index in [1.54, 1.807) is 14.1 Å². The van der Waals surface area contributed by atoms with Gasteiger partial charge in [-0.3, -0.25) is 4.79 Å². The van der Waals surface area contributed by atoms with E-state index in [0.29, 0.717) is 12.8 Å². The van der Waals surface area contributed by atoms with Gasteiger partial charge in [0.25, 0.3) is 0 Å². The highest BCUT2D eigenvalue weighted by atomic mass is 32.2. The molecular weight excluding hydrogens is 363 g/mol. The first kappa shape index (κ1) is 20.3. The molecule has 1 aromatic heterocycles. The van der Waals surface area contributed by atoms with E-state index in [-0.39, 0.29) is 54.4 Å². The Morgan fingerprint density at radius 2 is 2.23 bits per heavy atom. The highest BCUT2D eigenvalue weighted by Gasteiger charge is 2.36. The Labute approximate surface area is 152 Å². The average molecular weight is 386 g/mol. The van der Waals surface area contributed by atoms with Crippen molar-refractivity contribution in [1.82, 2.24) is 14.2 Å². The summed E-state index contributed by atoms with van der Waals surface area (Å²) in [5.74, 6) is -0.252. The SMILES string of the molecule is CN(C)C(=O)[C@H]1CCN(S(=O)(=O)c2ccc(OC/C(=C/F)CN)nc2)C1. The molecular formula is C16H23FN4O4S. The van der Waals surface area contributed by atoms with E-state index in [1.165, 1.54) is 27.5 Å². The van der Waals surface area contributed by atoms with Gasteiger partial charge in [0.05, 0.1) is 18.4 Å². The zero-order valence-electron chi connectivity index (χ0n) is 14.8. The summed E-state index contributed by atoms with van der Waals surface area (Å²) >= 11 is 0. The lowest BCUT2D eigenvalue weighted by molar-refractivity contribution is -0.132. The number of sulfonamides is 1. The van der Waals surface area contributed by atoms with Crippen molar-refractivity contribution >= 4 is 15.9 Å². The van der Waals surface area contributed by atoms with Crippen LogP contribution in [0.5, 0.6) is 5.88 Å². The molecule has 8 nitrogen and oxygen atoms in total. The predicted molar refractivity (Wildman–Crippen MR) is 93.5 cm³/mol. The third kappa shape index (κ3) is 4.57. The summed E-state index contributed by atoms with van der Waals surface area (Å²) in [5.41, 5.74) is 5.59. The van der Waals surface area contributed by atoms with Gasteiger partial charge in [0.1, 0.15) is 11.5 Å². The van der Waals surface area contributed by atoms with Gasteiger partial charge in [0.15, 0.2) is 0 Å². The van der Waals surface area contributed by atoms with Crippen molar-refractivity contribution < 1.29 is 22.3 Å². The van der Waals surface area contributed by atoms with Crippen molar-refractivity contribution in [2.24, 2.45) is 11.7 Å². The van der Waals surface area contributed by atoms with Crippen LogP contribution in [0.25, 0.3) is 0 Å². The van der Waals surface area contributed by atoms with Gasteiger partial charge in [-0.2, -0.15) is 4.31 Å². The summed E-state index contributed by atoms with van der Waals surface area (Å²) in [6.07, 6.45) is 2.05. The summed E-state index contributed by atoms with van der Waals surface area (Å²) in [4.78, 5) is 17.4. The first-order chi connectivity index (χ1) is 12.3. The van der Waals surface area contributed by atoms with E-state index in [4.69, 9.17) is 10.5 Å². The highest BCUT2D eigenvalue weighted by Crippen LogP contribution is 2.25. The zero-order chi connectivity index (χ0) is 19.3. The number of pyridine rings is 1. The molecule has 2 N–H and O–H groups in total. The molecule has 26 heavy (non-hydrogen) atoms. The lowest BCUT2D eigenvalue weighted by atomic mass is 10.1. The third-order valence-electron chi connectivity index (χ3n) is 4.11. The predicted octanol–water partition coefficient (Wildman–Crippen LogP) is 0.371. The average Bonchev–Trinajstić information content (AvgIpc) is 3.13. The molecule has 1 saturated heterocycles. The molecule has 0 spiro atoms. The standard InChI is InChI=1S/C16H23FN4O4S/c1-20(2)16(22)13-5-6-21(10-13)26(23,24)14-3-4-15(19-9-14)25-11-12(7-17)8-18/h3-4,7,9,13H,5-6,8,10-11,18H2,1-2H3/b12-7+/t13-/m0/s1. The van der Waals surface area contributed by atoms with Crippen molar-refractivity contribution in [3.05, 3.63) is 30.2 Å². The number of halogens is 1. The molecule has 1 fully saturated rings. The number of hydrogen-bond acceptors (Lipinski definition) is 6. The third-order valence-corrected chi connectivity index (χ3v) is 5.96. The number of hydrogen-bond donors (Lipinski definition) is 1. The molecule has 1 aromatic rings. The van der Waals surface area contributed by atoms with E-state index in [2.05, 4.69) is 4.98 Å². The van der Waals surface area contributed by atoms with Gasteiger partial charge in [0.2, 0.25) is 21.8 Å². The minimum absolute atomic E-state index is 0.0166. The number of nitrogens with zero attached hydrogens (tertiary/aromatic N) is 3. The second-order valence-electron chi connectivity index (χ2n) is 6.17. The number of ether oxygens (including phenoxy) is 1. The van der Waals surface area contributed by atoms with Gasteiger partial charge >= 0.3 is 0 Å². The normalized spacial score (nSPS) is 18.8. The van der Waals surface area contributed by atoms with Crippen LogP contribution in [0.4, 0.5) is 4.39 Å². The Kier molecular flexibility index (Phi) is 6.68. The highest BCUT2D eigenvalue weighted by molar-refractivity contribution is 7.89. The van der Waals surface area contributed by atoms with Gasteiger partial charge < -0.3 is 15.4 Å². The molecule has 0 unspecified atom stereocenters. The van der Waals surface area contributed by atoms with Crippen LogP contribution >= 0.6 is 0 Å². The first-order valence-corrected chi connectivity index (χ1v) is 9.52. The largest absolute Gasteiger partial charge is 0.473 e. The molecule has 144 valence electrons. The van der Waals surface area contributed by atoms with Gasteiger partial charge in [0, 0.05) is 45.4 Å². The molecule has 0 saturated carbocycles. The van der Waals surface area contributed by atoms with Crippen molar-refractivity contribution in [2.75, 3.05) is 40.3 Å². The van der Waals surface area contributed by atoms with E-state index < -0.39 is 10.0 Å². The van der Waals surface area contributed by atoms with Crippen molar-refractivity contribution in [1.29, 1.82) is 0 Å². The fourth-order valence-electron chi connectivity index (χ4n) is 2.57. The smallest absolute Gasteiger partial charge is 0.244 e. The quantitative estimate of drug-likeness (QED) is 0.726. The van der Waals surface area contributed by atoms with Crippen LogP contribution in [-0.2, 0) is 14.8 Å². The van der Waals surface area contributed by atoms with Gasteiger partial charge in [-0.15, -0.1) is 0 Å². The van der Waals surface area contributed by atoms with Gasteiger partial charge in [-0.05, 0) is 12.5 Å². The van der Waals surface area contributed by atoms with Gasteiger partial charge in [-0.25, -0.2) is 17.8 Å². The van der Waals surface area contributed by atoms with E-state index in [1.807, 2.05) is 0 Å². The summed E-state index contributed by atoms with van der Waals surface area (Å²) in [6.45, 7) is 0.391. The van der Waals surface area contributed by atoms with Crippen molar-refractivity contribution in [2.45, 2.75) is 11.3 Å². The molecule has 10 heteroatoms. The zero-order valence-corrected chi connectivity index (χ0v) is 15.6. The Balaban J connectivity index is 2.04. The van der Waals surface area contributed by atoms with Crippen LogP contribution in [-0.4, -0.2) is 68.9 Å². The van der Waals surface area contributed by atoms with Crippen molar-refractivity contribution in [3.8, 4) is 5.88 Å². The molecule has 0 aromatic carbocycles. The maximum Gasteiger partial charge on any atom is 0.244 e. The minimum Gasteiger partial charge on any atom is -0.473 e. The van der Waals surface area contributed by atoms with Crippen LogP contribution < -0.4 is 10.5 Å².